The highest BCUT2D eigenvalue weighted by Gasteiger charge is 2.45. The Bertz CT molecular complexity index is 647. The number of hydrogen-bond acceptors (Lipinski definition) is 3. The van der Waals surface area contributed by atoms with Crippen LogP contribution in [0.25, 0.3) is 0 Å². The predicted octanol–water partition coefficient (Wildman–Crippen LogP) is 5.07. The lowest BCUT2D eigenvalue weighted by Gasteiger charge is -2.37. The van der Waals surface area contributed by atoms with Crippen molar-refractivity contribution in [2.75, 3.05) is 0 Å². The molecule has 1 atom stereocenters. The second-order valence-electron chi connectivity index (χ2n) is 7.73. The van der Waals surface area contributed by atoms with Gasteiger partial charge in [0.1, 0.15) is 11.2 Å². The van der Waals surface area contributed by atoms with Crippen molar-refractivity contribution in [3.05, 3.63) is 71.8 Å². The van der Waals surface area contributed by atoms with E-state index in [4.69, 9.17) is 4.74 Å². The molecule has 2 aromatic rings. The fourth-order valence-corrected chi connectivity index (χ4v) is 3.23. The number of benzene rings is 2. The molecule has 2 aromatic carbocycles. The molecule has 140 valence electrons. The van der Waals surface area contributed by atoms with Gasteiger partial charge in [0.25, 0.3) is 0 Å². The lowest BCUT2D eigenvalue weighted by molar-refractivity contribution is -0.169. The van der Waals surface area contributed by atoms with Gasteiger partial charge in [0.15, 0.2) is 0 Å². The third kappa shape index (κ3) is 4.73. The van der Waals surface area contributed by atoms with E-state index >= 15 is 0 Å². The van der Waals surface area contributed by atoms with Crippen molar-refractivity contribution in [3.8, 4) is 0 Å². The topological polar surface area (TPSA) is 46.5 Å². The number of carbonyl (C=O) groups excluding carboxylic acids is 1. The summed E-state index contributed by atoms with van der Waals surface area (Å²) in [4.78, 5) is 13.1. The van der Waals surface area contributed by atoms with Crippen LogP contribution in [-0.4, -0.2) is 16.7 Å². The number of unbranched alkanes of at least 4 members (excludes halogenated alkanes) is 1. The molecule has 0 aliphatic heterocycles. The summed E-state index contributed by atoms with van der Waals surface area (Å²) in [6, 6.07) is 18.8. The van der Waals surface area contributed by atoms with Crippen molar-refractivity contribution in [1.29, 1.82) is 0 Å². The average molecular weight is 354 g/mol. The minimum absolute atomic E-state index is 0.360. The van der Waals surface area contributed by atoms with E-state index in [0.29, 0.717) is 17.5 Å². The maximum atomic E-state index is 13.1. The fourth-order valence-electron chi connectivity index (χ4n) is 3.23. The molecule has 0 heterocycles. The highest BCUT2D eigenvalue weighted by atomic mass is 16.6. The van der Waals surface area contributed by atoms with E-state index in [2.05, 4.69) is 6.92 Å². The van der Waals surface area contributed by atoms with E-state index in [-0.39, 0.29) is 5.97 Å². The fraction of sp³-hybridized carbons (Fsp3) is 0.435. The van der Waals surface area contributed by atoms with Crippen molar-refractivity contribution in [3.63, 3.8) is 0 Å². The molecule has 0 saturated carbocycles. The van der Waals surface area contributed by atoms with Crippen molar-refractivity contribution in [2.45, 2.75) is 58.2 Å². The summed E-state index contributed by atoms with van der Waals surface area (Å²) in [5, 5.41) is 11.9. The minimum Gasteiger partial charge on any atom is -0.460 e. The van der Waals surface area contributed by atoms with Gasteiger partial charge in [0.05, 0.1) is 5.92 Å². The number of ether oxygens (including phenoxy) is 1. The molecule has 1 unspecified atom stereocenters. The quantitative estimate of drug-likeness (QED) is 0.706. The lowest BCUT2D eigenvalue weighted by atomic mass is 9.74. The monoisotopic (exact) mass is 354 g/mol. The molecular weight excluding hydrogens is 324 g/mol. The Labute approximate surface area is 157 Å². The Balaban J connectivity index is 2.56. The molecule has 0 spiro atoms. The zero-order valence-corrected chi connectivity index (χ0v) is 16.2. The minimum atomic E-state index is -1.43. The Morgan fingerprint density at radius 2 is 1.42 bits per heavy atom. The third-order valence-corrected chi connectivity index (χ3v) is 4.47. The number of esters is 1. The van der Waals surface area contributed by atoms with Crippen LogP contribution in [0.3, 0.4) is 0 Å². The highest BCUT2D eigenvalue weighted by Crippen LogP contribution is 2.40. The van der Waals surface area contributed by atoms with Crippen molar-refractivity contribution >= 4 is 5.97 Å². The van der Waals surface area contributed by atoms with E-state index < -0.39 is 17.1 Å². The van der Waals surface area contributed by atoms with Crippen LogP contribution in [-0.2, 0) is 15.1 Å². The number of aliphatic hydroxyl groups is 1. The summed E-state index contributed by atoms with van der Waals surface area (Å²) < 4.78 is 5.69. The van der Waals surface area contributed by atoms with Gasteiger partial charge >= 0.3 is 5.97 Å². The summed E-state index contributed by atoms with van der Waals surface area (Å²) in [7, 11) is 0. The average Bonchev–Trinajstić information content (AvgIpc) is 2.61. The van der Waals surface area contributed by atoms with Gasteiger partial charge in [-0.15, -0.1) is 0 Å². The first kappa shape index (κ1) is 20.2. The Hall–Kier alpha value is -2.13. The molecule has 0 radical (unpaired) electrons. The van der Waals surface area contributed by atoms with Crippen LogP contribution >= 0.6 is 0 Å². The third-order valence-electron chi connectivity index (χ3n) is 4.47. The largest absolute Gasteiger partial charge is 0.460 e. The van der Waals surface area contributed by atoms with Crippen molar-refractivity contribution in [2.24, 2.45) is 5.92 Å². The van der Waals surface area contributed by atoms with Gasteiger partial charge in [-0.05, 0) is 38.3 Å². The Morgan fingerprint density at radius 3 is 1.81 bits per heavy atom. The molecule has 0 aliphatic carbocycles. The summed E-state index contributed by atoms with van der Waals surface area (Å²) in [5.41, 5.74) is -0.619. The normalized spacial score (nSPS) is 13.3. The van der Waals surface area contributed by atoms with Gasteiger partial charge in [0, 0.05) is 0 Å². The predicted molar refractivity (Wildman–Crippen MR) is 105 cm³/mol. The van der Waals surface area contributed by atoms with Crippen LogP contribution in [0.5, 0.6) is 0 Å². The van der Waals surface area contributed by atoms with E-state index in [1.54, 1.807) is 0 Å². The van der Waals surface area contributed by atoms with Crippen LogP contribution in [0, 0.1) is 5.92 Å². The zero-order valence-electron chi connectivity index (χ0n) is 16.2. The van der Waals surface area contributed by atoms with Crippen LogP contribution in [0.2, 0.25) is 0 Å². The lowest BCUT2D eigenvalue weighted by Crippen LogP contribution is -2.43. The van der Waals surface area contributed by atoms with Crippen LogP contribution < -0.4 is 0 Å². The van der Waals surface area contributed by atoms with E-state index in [9.17, 15) is 9.90 Å². The molecule has 0 bridgehead atoms. The second-order valence-corrected chi connectivity index (χ2v) is 7.73. The van der Waals surface area contributed by atoms with Gasteiger partial charge in [-0.1, -0.05) is 80.4 Å². The van der Waals surface area contributed by atoms with Crippen molar-refractivity contribution in [1.82, 2.24) is 0 Å². The molecule has 0 saturated heterocycles. The first-order chi connectivity index (χ1) is 12.3. The molecular formula is C23H30O3. The number of rotatable bonds is 7. The number of carbonyl (C=O) groups is 1. The molecule has 2 rings (SSSR count). The van der Waals surface area contributed by atoms with E-state index in [1.165, 1.54) is 0 Å². The van der Waals surface area contributed by atoms with Crippen molar-refractivity contribution < 1.29 is 14.6 Å². The molecule has 3 nitrogen and oxygen atoms in total. The van der Waals surface area contributed by atoms with Gasteiger partial charge < -0.3 is 9.84 Å². The maximum absolute atomic E-state index is 13.1. The highest BCUT2D eigenvalue weighted by molar-refractivity contribution is 5.76. The summed E-state index contributed by atoms with van der Waals surface area (Å²) >= 11 is 0. The zero-order chi connectivity index (χ0) is 19.2. The summed E-state index contributed by atoms with van der Waals surface area (Å²) in [6.45, 7) is 7.64. The first-order valence-electron chi connectivity index (χ1n) is 9.35. The van der Waals surface area contributed by atoms with Crippen LogP contribution in [0.1, 0.15) is 58.1 Å². The SMILES string of the molecule is CCCCC(C(=O)OC(C)(C)C)C(O)(c1ccccc1)c1ccccc1. The molecule has 3 heteroatoms. The standard InChI is InChI=1S/C23H30O3/c1-5-6-17-20(21(24)26-22(2,3)4)23(25,18-13-9-7-10-14-18)19-15-11-8-12-16-19/h7-16,20,25H,5-6,17H2,1-4H3. The number of hydrogen-bond donors (Lipinski definition) is 1. The van der Waals surface area contributed by atoms with Gasteiger partial charge in [-0.25, -0.2) is 0 Å². The Kier molecular flexibility index (Phi) is 6.60. The maximum Gasteiger partial charge on any atom is 0.313 e. The molecule has 0 amide bonds. The van der Waals surface area contributed by atoms with Gasteiger partial charge in [-0.2, -0.15) is 0 Å². The van der Waals surface area contributed by atoms with Crippen LogP contribution in [0.15, 0.2) is 60.7 Å². The first-order valence-corrected chi connectivity index (χ1v) is 9.35. The molecule has 0 aromatic heterocycles. The van der Waals surface area contributed by atoms with Gasteiger partial charge in [-0.3, -0.25) is 4.79 Å². The Morgan fingerprint density at radius 1 is 0.962 bits per heavy atom. The molecule has 0 fully saturated rings. The van der Waals surface area contributed by atoms with E-state index in [1.807, 2.05) is 81.4 Å². The smallest absolute Gasteiger partial charge is 0.313 e. The second kappa shape index (κ2) is 8.50. The summed E-state index contributed by atoms with van der Waals surface area (Å²) in [6.07, 6.45) is 2.34. The van der Waals surface area contributed by atoms with Crippen LogP contribution in [0.4, 0.5) is 0 Å². The van der Waals surface area contributed by atoms with Gasteiger partial charge in [0.2, 0.25) is 0 Å². The molecule has 1 N–H and O–H groups in total. The molecule has 26 heavy (non-hydrogen) atoms. The molecule has 0 aliphatic rings. The van der Waals surface area contributed by atoms with E-state index in [0.717, 1.165) is 12.8 Å². The summed E-state index contributed by atoms with van der Waals surface area (Å²) in [5.74, 6) is -1.03.